The number of carbonyl (C=O) groups excluding carboxylic acids is 2. The zero-order chi connectivity index (χ0) is 20.7. The standard InChI is InChI=1S/C19H23N3O5S/c1-22(2)28(25,26)15-9-10-17(27-3)16(13-15)21-18(23)11-12-20-19(24)14-7-5-4-6-8-14/h4-10,13H,11-12H2,1-3H3,(H,20,24)(H,21,23). The number of benzene rings is 2. The highest BCUT2D eigenvalue weighted by molar-refractivity contribution is 7.89. The van der Waals surface area contributed by atoms with Crippen LogP contribution in [0.25, 0.3) is 0 Å². The molecule has 0 saturated heterocycles. The monoisotopic (exact) mass is 405 g/mol. The zero-order valence-corrected chi connectivity index (χ0v) is 16.7. The molecule has 2 aromatic rings. The maximum atomic E-state index is 12.3. The number of ether oxygens (including phenoxy) is 1. The Labute approximate surface area is 164 Å². The smallest absolute Gasteiger partial charge is 0.251 e. The van der Waals surface area contributed by atoms with Gasteiger partial charge >= 0.3 is 0 Å². The summed E-state index contributed by atoms with van der Waals surface area (Å²) in [5.41, 5.74) is 0.746. The molecule has 0 aliphatic rings. The fourth-order valence-electron chi connectivity index (χ4n) is 2.35. The molecule has 28 heavy (non-hydrogen) atoms. The Kier molecular flexibility index (Phi) is 7.13. The third kappa shape index (κ3) is 5.30. The summed E-state index contributed by atoms with van der Waals surface area (Å²) in [5, 5.41) is 5.29. The Hall–Kier alpha value is -2.91. The van der Waals surface area contributed by atoms with Crippen LogP contribution in [0.15, 0.2) is 53.4 Å². The van der Waals surface area contributed by atoms with Crippen LogP contribution in [0.3, 0.4) is 0 Å². The molecular weight excluding hydrogens is 382 g/mol. The first-order valence-corrected chi connectivity index (χ1v) is 9.93. The number of hydrogen-bond donors (Lipinski definition) is 2. The molecule has 2 amide bonds. The van der Waals surface area contributed by atoms with Crippen molar-refractivity contribution in [2.24, 2.45) is 0 Å². The van der Waals surface area contributed by atoms with E-state index >= 15 is 0 Å². The summed E-state index contributed by atoms with van der Waals surface area (Å²) in [6, 6.07) is 12.9. The molecule has 0 unspecified atom stereocenters. The average molecular weight is 405 g/mol. The summed E-state index contributed by atoms with van der Waals surface area (Å²) in [5.74, 6) is -0.324. The summed E-state index contributed by atoms with van der Waals surface area (Å²) >= 11 is 0. The van der Waals surface area contributed by atoms with Gasteiger partial charge in [-0.15, -0.1) is 0 Å². The molecule has 2 aromatic carbocycles. The minimum absolute atomic E-state index is 0.0202. The quantitative estimate of drug-likeness (QED) is 0.696. The second-order valence-electron chi connectivity index (χ2n) is 6.07. The average Bonchev–Trinajstić information content (AvgIpc) is 2.68. The van der Waals surface area contributed by atoms with Gasteiger partial charge in [-0.3, -0.25) is 9.59 Å². The molecule has 0 aliphatic heterocycles. The first kappa shape index (κ1) is 21.4. The van der Waals surface area contributed by atoms with Crippen molar-refractivity contribution in [3.63, 3.8) is 0 Å². The SMILES string of the molecule is COc1ccc(S(=O)(=O)N(C)C)cc1NC(=O)CCNC(=O)c1ccccc1. The normalized spacial score (nSPS) is 11.1. The van der Waals surface area contributed by atoms with E-state index in [1.165, 1.54) is 39.4 Å². The highest BCUT2D eigenvalue weighted by Crippen LogP contribution is 2.28. The number of rotatable bonds is 8. The van der Waals surface area contributed by atoms with E-state index in [2.05, 4.69) is 10.6 Å². The topological polar surface area (TPSA) is 105 Å². The lowest BCUT2D eigenvalue weighted by Crippen LogP contribution is -2.27. The highest BCUT2D eigenvalue weighted by atomic mass is 32.2. The number of amides is 2. The number of sulfonamides is 1. The van der Waals surface area contributed by atoms with E-state index in [-0.39, 0.29) is 35.4 Å². The van der Waals surface area contributed by atoms with Gasteiger partial charge in [0.15, 0.2) is 0 Å². The maximum Gasteiger partial charge on any atom is 0.251 e. The van der Waals surface area contributed by atoms with Gasteiger partial charge in [0.2, 0.25) is 15.9 Å². The fourth-order valence-corrected chi connectivity index (χ4v) is 3.28. The second-order valence-corrected chi connectivity index (χ2v) is 8.22. The molecule has 9 heteroatoms. The van der Waals surface area contributed by atoms with Crippen LogP contribution in [0, 0.1) is 0 Å². The third-order valence-electron chi connectivity index (χ3n) is 3.90. The van der Waals surface area contributed by atoms with E-state index in [4.69, 9.17) is 4.74 Å². The summed E-state index contributed by atoms with van der Waals surface area (Å²) in [6.07, 6.45) is 0.0202. The Morgan fingerprint density at radius 2 is 1.75 bits per heavy atom. The number of hydrogen-bond acceptors (Lipinski definition) is 5. The number of methoxy groups -OCH3 is 1. The lowest BCUT2D eigenvalue weighted by atomic mass is 10.2. The van der Waals surface area contributed by atoms with Crippen LogP contribution < -0.4 is 15.4 Å². The molecule has 0 aromatic heterocycles. The highest BCUT2D eigenvalue weighted by Gasteiger charge is 2.19. The van der Waals surface area contributed by atoms with E-state index in [0.29, 0.717) is 11.3 Å². The number of carbonyl (C=O) groups is 2. The van der Waals surface area contributed by atoms with Gasteiger partial charge in [-0.2, -0.15) is 0 Å². The second kappa shape index (κ2) is 9.34. The summed E-state index contributed by atoms with van der Waals surface area (Å²) in [6.45, 7) is 0.136. The van der Waals surface area contributed by atoms with E-state index in [1.54, 1.807) is 24.3 Å². The molecule has 0 saturated carbocycles. The van der Waals surface area contributed by atoms with Gasteiger partial charge in [-0.1, -0.05) is 18.2 Å². The molecule has 0 atom stereocenters. The third-order valence-corrected chi connectivity index (χ3v) is 5.71. The summed E-state index contributed by atoms with van der Waals surface area (Å²) in [7, 11) is 0.620. The van der Waals surface area contributed by atoms with Crippen molar-refractivity contribution in [3.05, 3.63) is 54.1 Å². The van der Waals surface area contributed by atoms with Gasteiger partial charge < -0.3 is 15.4 Å². The molecule has 0 aliphatic carbocycles. The van der Waals surface area contributed by atoms with E-state index in [9.17, 15) is 18.0 Å². The molecule has 2 N–H and O–H groups in total. The van der Waals surface area contributed by atoms with Crippen molar-refractivity contribution in [2.75, 3.05) is 33.1 Å². The van der Waals surface area contributed by atoms with Crippen LogP contribution in [-0.2, 0) is 14.8 Å². The number of nitrogens with one attached hydrogen (secondary N) is 2. The van der Waals surface area contributed by atoms with Crippen molar-refractivity contribution in [3.8, 4) is 5.75 Å². The molecule has 0 fully saturated rings. The predicted octanol–water partition coefficient (Wildman–Crippen LogP) is 1.70. The Bertz CT molecular complexity index is 943. The summed E-state index contributed by atoms with van der Waals surface area (Å²) < 4.78 is 30.8. The first-order valence-electron chi connectivity index (χ1n) is 8.49. The van der Waals surface area contributed by atoms with Gasteiger partial charge in [0, 0.05) is 32.6 Å². The molecule has 150 valence electrons. The van der Waals surface area contributed by atoms with Crippen molar-refractivity contribution < 1.29 is 22.7 Å². The zero-order valence-electron chi connectivity index (χ0n) is 15.9. The van der Waals surface area contributed by atoms with E-state index in [1.807, 2.05) is 6.07 Å². The van der Waals surface area contributed by atoms with Crippen LogP contribution >= 0.6 is 0 Å². The molecule has 0 heterocycles. The summed E-state index contributed by atoms with van der Waals surface area (Å²) in [4.78, 5) is 24.2. The molecule has 0 spiro atoms. The van der Waals surface area contributed by atoms with Gasteiger partial charge in [0.1, 0.15) is 5.75 Å². The molecule has 2 rings (SSSR count). The van der Waals surface area contributed by atoms with Crippen LogP contribution in [0.4, 0.5) is 5.69 Å². The predicted molar refractivity (Wildman–Crippen MR) is 106 cm³/mol. The minimum Gasteiger partial charge on any atom is -0.495 e. The Morgan fingerprint density at radius 1 is 1.07 bits per heavy atom. The van der Waals surface area contributed by atoms with E-state index in [0.717, 1.165) is 4.31 Å². The van der Waals surface area contributed by atoms with Gasteiger partial charge in [0.05, 0.1) is 17.7 Å². The van der Waals surface area contributed by atoms with Crippen molar-refractivity contribution >= 4 is 27.5 Å². The van der Waals surface area contributed by atoms with Crippen molar-refractivity contribution in [2.45, 2.75) is 11.3 Å². The van der Waals surface area contributed by atoms with Crippen molar-refractivity contribution in [1.82, 2.24) is 9.62 Å². The van der Waals surface area contributed by atoms with Gasteiger partial charge in [-0.25, -0.2) is 12.7 Å². The molecule has 8 nitrogen and oxygen atoms in total. The minimum atomic E-state index is -3.65. The van der Waals surface area contributed by atoms with Crippen molar-refractivity contribution in [1.29, 1.82) is 0 Å². The lowest BCUT2D eigenvalue weighted by molar-refractivity contribution is -0.116. The van der Waals surface area contributed by atoms with Crippen LogP contribution in [0.5, 0.6) is 5.75 Å². The van der Waals surface area contributed by atoms with Gasteiger partial charge in [0.25, 0.3) is 5.91 Å². The first-order chi connectivity index (χ1) is 13.3. The largest absolute Gasteiger partial charge is 0.495 e. The van der Waals surface area contributed by atoms with Crippen LogP contribution in [0.2, 0.25) is 0 Å². The molecule has 0 radical (unpaired) electrons. The van der Waals surface area contributed by atoms with Crippen LogP contribution in [0.1, 0.15) is 16.8 Å². The maximum absolute atomic E-state index is 12.3. The lowest BCUT2D eigenvalue weighted by Gasteiger charge is -2.15. The molecule has 0 bridgehead atoms. The Morgan fingerprint density at radius 3 is 2.36 bits per heavy atom. The van der Waals surface area contributed by atoms with Gasteiger partial charge in [-0.05, 0) is 30.3 Å². The number of anilines is 1. The molecular formula is C19H23N3O5S. The van der Waals surface area contributed by atoms with Crippen LogP contribution in [-0.4, -0.2) is 52.3 Å². The Balaban J connectivity index is 2.01. The number of nitrogens with zero attached hydrogens (tertiary/aromatic N) is 1. The van der Waals surface area contributed by atoms with E-state index < -0.39 is 10.0 Å². The fraction of sp³-hybridized carbons (Fsp3) is 0.263.